The van der Waals surface area contributed by atoms with Crippen LogP contribution < -0.4 is 0 Å². The lowest BCUT2D eigenvalue weighted by Crippen LogP contribution is -2.20. The van der Waals surface area contributed by atoms with Crippen molar-refractivity contribution in [3.05, 3.63) is 72.1 Å². The minimum atomic E-state index is -0.462. The fourth-order valence-electron chi connectivity index (χ4n) is 3.32. The van der Waals surface area contributed by atoms with E-state index >= 15 is 0 Å². The highest BCUT2D eigenvalue weighted by molar-refractivity contribution is 5.98. The Hall–Kier alpha value is -3.21. The summed E-state index contributed by atoms with van der Waals surface area (Å²) in [7, 11) is 0. The molecule has 26 heavy (non-hydrogen) atoms. The average molecular weight is 342 g/mol. The summed E-state index contributed by atoms with van der Waals surface area (Å²) < 4.78 is 0. The lowest BCUT2D eigenvalue weighted by atomic mass is 9.82. The van der Waals surface area contributed by atoms with Gasteiger partial charge < -0.3 is 0 Å². The minimum Gasteiger partial charge on any atom is -0.298 e. The number of Topliss-reactive ketones (excluding diaryl/α,β-unsaturated/α-hetero) is 1. The number of nitrogens with zero attached hydrogens (tertiary/aromatic N) is 4. The van der Waals surface area contributed by atoms with Crippen molar-refractivity contribution in [2.24, 2.45) is 5.92 Å². The number of hydrogen-bond acceptors (Lipinski definition) is 5. The van der Waals surface area contributed by atoms with E-state index in [1.165, 1.54) is 0 Å². The van der Waals surface area contributed by atoms with Crippen molar-refractivity contribution >= 4 is 27.6 Å². The Labute approximate surface area is 151 Å². The smallest absolute Gasteiger partial charge is 0.147 e. The third-order valence-electron chi connectivity index (χ3n) is 4.63. The molecule has 5 nitrogen and oxygen atoms in total. The second-order valence-electron chi connectivity index (χ2n) is 6.62. The quantitative estimate of drug-likeness (QED) is 0.562. The van der Waals surface area contributed by atoms with Crippen molar-refractivity contribution in [2.45, 2.75) is 19.8 Å². The molecule has 5 heteroatoms. The van der Waals surface area contributed by atoms with Crippen LogP contribution in [-0.4, -0.2) is 26.2 Å². The maximum atomic E-state index is 13.2. The molecule has 0 bridgehead atoms. The summed E-state index contributed by atoms with van der Waals surface area (Å²) in [6.07, 6.45) is 3.39. The zero-order valence-electron chi connectivity index (χ0n) is 14.6. The fourth-order valence-corrected chi connectivity index (χ4v) is 3.32. The molecule has 0 radical (unpaired) electrons. The summed E-state index contributed by atoms with van der Waals surface area (Å²) in [6, 6.07) is 15.5. The number of ketones is 1. The van der Waals surface area contributed by atoms with Gasteiger partial charge >= 0.3 is 0 Å². The number of fused-ring (bicyclic) bond motifs is 2. The molecule has 0 N–H and O–H groups in total. The normalized spacial score (nSPS) is 11.5. The Balaban J connectivity index is 2.03. The molecule has 0 amide bonds. The monoisotopic (exact) mass is 342 g/mol. The third kappa shape index (κ3) is 2.71. The Morgan fingerprint density at radius 2 is 1.23 bits per heavy atom. The summed E-state index contributed by atoms with van der Waals surface area (Å²) in [6.45, 7) is 3.84. The molecule has 0 aliphatic rings. The molecule has 0 aliphatic carbocycles. The Bertz CT molecular complexity index is 1020. The van der Waals surface area contributed by atoms with Crippen LogP contribution in [0.4, 0.5) is 0 Å². The average Bonchev–Trinajstić information content (AvgIpc) is 2.68. The van der Waals surface area contributed by atoms with Crippen LogP contribution in [0.25, 0.3) is 21.8 Å². The van der Waals surface area contributed by atoms with E-state index < -0.39 is 5.92 Å². The van der Waals surface area contributed by atoms with Crippen LogP contribution in [0.3, 0.4) is 0 Å². The maximum absolute atomic E-state index is 13.2. The number of benzene rings is 2. The van der Waals surface area contributed by atoms with Crippen molar-refractivity contribution < 1.29 is 4.79 Å². The standard InChI is InChI=1S/C21H18N4O/c1-13(2)21(26)20(16-11-22-24-18-9-5-3-7-14(16)18)17-12-23-25-19-10-6-4-8-15(17)19/h3-13,20H,1-2H3. The van der Waals surface area contributed by atoms with E-state index in [9.17, 15) is 4.79 Å². The van der Waals surface area contributed by atoms with Crippen molar-refractivity contribution in [3.8, 4) is 0 Å². The summed E-state index contributed by atoms with van der Waals surface area (Å²) in [5.41, 5.74) is 3.26. The molecule has 2 heterocycles. The van der Waals surface area contributed by atoms with Gasteiger partial charge in [-0.3, -0.25) is 4.79 Å². The van der Waals surface area contributed by atoms with E-state index in [0.717, 1.165) is 32.9 Å². The molecular formula is C21H18N4O. The van der Waals surface area contributed by atoms with E-state index in [2.05, 4.69) is 20.4 Å². The largest absolute Gasteiger partial charge is 0.298 e. The maximum Gasteiger partial charge on any atom is 0.147 e. The molecule has 4 rings (SSSR count). The van der Waals surface area contributed by atoms with Gasteiger partial charge in [-0.05, 0) is 23.3 Å². The highest BCUT2D eigenvalue weighted by atomic mass is 16.1. The predicted molar refractivity (Wildman–Crippen MR) is 101 cm³/mol. The number of hydrogen-bond donors (Lipinski definition) is 0. The second-order valence-corrected chi connectivity index (χ2v) is 6.62. The van der Waals surface area contributed by atoms with Crippen molar-refractivity contribution in [1.82, 2.24) is 20.4 Å². The second kappa shape index (κ2) is 6.59. The van der Waals surface area contributed by atoms with Crippen molar-refractivity contribution in [3.63, 3.8) is 0 Å². The van der Waals surface area contributed by atoms with Gasteiger partial charge in [-0.25, -0.2) is 0 Å². The summed E-state index contributed by atoms with van der Waals surface area (Å²) in [4.78, 5) is 13.2. The minimum absolute atomic E-state index is 0.126. The van der Waals surface area contributed by atoms with E-state index in [1.807, 2.05) is 62.4 Å². The van der Waals surface area contributed by atoms with Crippen LogP contribution in [-0.2, 0) is 4.79 Å². The van der Waals surface area contributed by atoms with E-state index in [-0.39, 0.29) is 11.7 Å². The number of rotatable bonds is 4. The first-order chi connectivity index (χ1) is 12.7. The molecule has 2 aromatic carbocycles. The Kier molecular flexibility index (Phi) is 4.13. The van der Waals surface area contributed by atoms with Gasteiger partial charge in [-0.2, -0.15) is 20.4 Å². The van der Waals surface area contributed by atoms with Crippen LogP contribution >= 0.6 is 0 Å². The van der Waals surface area contributed by atoms with Crippen LogP contribution in [0.2, 0.25) is 0 Å². The molecule has 0 aliphatic heterocycles. The molecule has 0 fully saturated rings. The Morgan fingerprint density at radius 3 is 1.69 bits per heavy atom. The molecule has 0 spiro atoms. The zero-order valence-corrected chi connectivity index (χ0v) is 14.6. The summed E-state index contributed by atoms with van der Waals surface area (Å²) >= 11 is 0. The highest BCUT2D eigenvalue weighted by Gasteiger charge is 2.29. The van der Waals surface area contributed by atoms with Crippen molar-refractivity contribution in [2.75, 3.05) is 0 Å². The SMILES string of the molecule is CC(C)C(=O)C(c1cnnc2ccccc12)c1cnnc2ccccc12. The molecule has 0 saturated carbocycles. The molecule has 0 unspecified atom stereocenters. The molecule has 0 saturated heterocycles. The Morgan fingerprint density at radius 1 is 0.769 bits per heavy atom. The first kappa shape index (κ1) is 16.3. The number of carbonyl (C=O) groups excluding carboxylic acids is 1. The van der Waals surface area contributed by atoms with Gasteiger partial charge in [0.2, 0.25) is 0 Å². The number of carbonyl (C=O) groups is 1. The fraction of sp³-hybridized carbons (Fsp3) is 0.190. The number of aromatic nitrogens is 4. The zero-order chi connectivity index (χ0) is 18.1. The van der Waals surface area contributed by atoms with E-state index in [0.29, 0.717) is 0 Å². The van der Waals surface area contributed by atoms with Gasteiger partial charge in [0, 0.05) is 16.7 Å². The lowest BCUT2D eigenvalue weighted by Gasteiger charge is -2.21. The third-order valence-corrected chi connectivity index (χ3v) is 4.63. The molecule has 0 atom stereocenters. The first-order valence-corrected chi connectivity index (χ1v) is 8.61. The van der Waals surface area contributed by atoms with Gasteiger partial charge in [0.05, 0.1) is 29.3 Å². The molecule has 4 aromatic rings. The van der Waals surface area contributed by atoms with Gasteiger partial charge in [0.1, 0.15) is 5.78 Å². The van der Waals surface area contributed by atoms with Crippen molar-refractivity contribution in [1.29, 1.82) is 0 Å². The molecule has 2 aromatic heterocycles. The highest BCUT2D eigenvalue weighted by Crippen LogP contribution is 2.35. The first-order valence-electron chi connectivity index (χ1n) is 8.61. The van der Waals surface area contributed by atoms with Gasteiger partial charge in [0.15, 0.2) is 0 Å². The topological polar surface area (TPSA) is 68.6 Å². The van der Waals surface area contributed by atoms with E-state index in [1.54, 1.807) is 12.4 Å². The van der Waals surface area contributed by atoms with E-state index in [4.69, 9.17) is 0 Å². The summed E-state index contributed by atoms with van der Waals surface area (Å²) in [5.74, 6) is -0.462. The summed E-state index contributed by atoms with van der Waals surface area (Å²) in [5, 5.41) is 18.5. The van der Waals surface area contributed by atoms with Gasteiger partial charge in [-0.15, -0.1) is 0 Å². The van der Waals surface area contributed by atoms with Crippen LogP contribution in [0.15, 0.2) is 60.9 Å². The predicted octanol–water partition coefficient (Wildman–Crippen LogP) is 3.93. The van der Waals surface area contributed by atoms with Gasteiger partial charge in [0.25, 0.3) is 0 Å². The molecule has 128 valence electrons. The van der Waals surface area contributed by atoms with Crippen LogP contribution in [0.1, 0.15) is 30.9 Å². The lowest BCUT2D eigenvalue weighted by molar-refractivity contribution is -0.122. The van der Waals surface area contributed by atoms with Crippen LogP contribution in [0, 0.1) is 5.92 Å². The van der Waals surface area contributed by atoms with Gasteiger partial charge in [-0.1, -0.05) is 50.2 Å². The molecular weight excluding hydrogens is 324 g/mol. The van der Waals surface area contributed by atoms with Crippen LogP contribution in [0.5, 0.6) is 0 Å².